The molecule has 0 aliphatic heterocycles. The van der Waals surface area contributed by atoms with E-state index in [1.54, 1.807) is 12.3 Å². The average Bonchev–Trinajstić information content (AvgIpc) is 2.19. The summed E-state index contributed by atoms with van der Waals surface area (Å²) >= 11 is 0. The Morgan fingerprint density at radius 3 is 2.35 bits per heavy atom. The summed E-state index contributed by atoms with van der Waals surface area (Å²) in [5.41, 5.74) is 1.60. The van der Waals surface area contributed by atoms with Crippen molar-refractivity contribution in [1.29, 1.82) is 0 Å². The lowest BCUT2D eigenvalue weighted by Crippen LogP contribution is -2.41. The molecule has 1 rings (SSSR count). The van der Waals surface area contributed by atoms with Crippen LogP contribution < -0.4 is 0 Å². The van der Waals surface area contributed by atoms with Crippen LogP contribution in [-0.2, 0) is 21.1 Å². The largest absolute Gasteiger partial charge is 0.298 e. The molecule has 0 fully saturated rings. The van der Waals surface area contributed by atoms with Gasteiger partial charge in [0.25, 0.3) is 0 Å². The van der Waals surface area contributed by atoms with E-state index < -0.39 is 14.6 Å². The van der Waals surface area contributed by atoms with Gasteiger partial charge in [0.1, 0.15) is 4.75 Å². The minimum Gasteiger partial charge on any atom is -0.298 e. The summed E-state index contributed by atoms with van der Waals surface area (Å²) in [7, 11) is -3.41. The summed E-state index contributed by atoms with van der Waals surface area (Å²) < 4.78 is 21.6. The number of carbonyl (C=O) groups is 1. The van der Waals surface area contributed by atoms with Gasteiger partial charge in [-0.3, -0.25) is 9.78 Å². The highest BCUT2D eigenvalue weighted by Gasteiger charge is 2.37. The topological polar surface area (TPSA) is 64.1 Å². The second kappa shape index (κ2) is 4.56. The Hall–Kier alpha value is -1.23. The highest BCUT2D eigenvalue weighted by Crippen LogP contribution is 2.18. The van der Waals surface area contributed by atoms with Crippen molar-refractivity contribution in [3.63, 3.8) is 0 Å². The number of hydrogen-bond acceptors (Lipinski definition) is 4. The maximum atomic E-state index is 11.9. The molecule has 1 aromatic rings. The van der Waals surface area contributed by atoms with Crippen molar-refractivity contribution in [2.24, 2.45) is 0 Å². The first kappa shape index (κ1) is 13.8. The molecule has 0 radical (unpaired) electrons. The summed E-state index contributed by atoms with van der Waals surface area (Å²) in [6, 6.07) is 3.59. The van der Waals surface area contributed by atoms with Gasteiger partial charge in [-0.25, -0.2) is 8.42 Å². The van der Waals surface area contributed by atoms with Crippen LogP contribution in [0.2, 0.25) is 0 Å². The number of carbonyl (C=O) groups excluding carboxylic acids is 1. The van der Waals surface area contributed by atoms with E-state index in [1.165, 1.54) is 13.8 Å². The highest BCUT2D eigenvalue weighted by atomic mass is 32.2. The molecule has 0 aliphatic rings. The number of ketones is 1. The molecule has 17 heavy (non-hydrogen) atoms. The van der Waals surface area contributed by atoms with Crippen molar-refractivity contribution in [2.75, 3.05) is 6.26 Å². The Morgan fingerprint density at radius 1 is 1.35 bits per heavy atom. The summed E-state index contributed by atoms with van der Waals surface area (Å²) in [5.74, 6) is -0.337. The molecule has 0 spiro atoms. The van der Waals surface area contributed by atoms with Crippen LogP contribution in [0.15, 0.2) is 18.3 Å². The lowest BCUT2D eigenvalue weighted by molar-refractivity contribution is -0.120. The molecule has 0 bridgehead atoms. The van der Waals surface area contributed by atoms with Crippen LogP contribution in [0.5, 0.6) is 0 Å². The maximum Gasteiger partial charge on any atom is 0.159 e. The summed E-state index contributed by atoms with van der Waals surface area (Å²) in [4.78, 5) is 16.0. The Bertz CT molecular complexity index is 515. The zero-order valence-electron chi connectivity index (χ0n) is 10.5. The first-order chi connectivity index (χ1) is 7.64. The van der Waals surface area contributed by atoms with Gasteiger partial charge in [0.15, 0.2) is 15.6 Å². The monoisotopic (exact) mass is 255 g/mol. The van der Waals surface area contributed by atoms with E-state index in [0.29, 0.717) is 5.69 Å². The zero-order valence-corrected chi connectivity index (χ0v) is 11.3. The SMILES string of the molecule is Cc1ccc(CC(=O)C(C)(C)S(C)(=O)=O)nc1. The predicted molar refractivity (Wildman–Crippen MR) is 66.6 cm³/mol. The van der Waals surface area contributed by atoms with E-state index in [1.807, 2.05) is 13.0 Å². The van der Waals surface area contributed by atoms with Gasteiger partial charge in [0.05, 0.1) is 6.42 Å². The van der Waals surface area contributed by atoms with Crippen molar-refractivity contribution in [1.82, 2.24) is 4.98 Å². The molecule has 0 amide bonds. The molecule has 5 heteroatoms. The van der Waals surface area contributed by atoms with Crippen molar-refractivity contribution in [3.05, 3.63) is 29.6 Å². The molecule has 94 valence electrons. The first-order valence-electron chi connectivity index (χ1n) is 5.29. The summed E-state index contributed by atoms with van der Waals surface area (Å²) in [6.07, 6.45) is 2.78. The fraction of sp³-hybridized carbons (Fsp3) is 0.500. The van der Waals surface area contributed by atoms with Crippen LogP contribution in [0.4, 0.5) is 0 Å². The van der Waals surface area contributed by atoms with E-state index in [-0.39, 0.29) is 12.2 Å². The normalized spacial score (nSPS) is 12.5. The van der Waals surface area contributed by atoms with Gasteiger partial charge in [0, 0.05) is 18.1 Å². The third-order valence-electron chi connectivity index (χ3n) is 2.91. The molecular weight excluding hydrogens is 238 g/mol. The first-order valence-corrected chi connectivity index (χ1v) is 7.18. The van der Waals surface area contributed by atoms with Crippen LogP contribution in [0.3, 0.4) is 0 Å². The van der Waals surface area contributed by atoms with Gasteiger partial charge in [-0.1, -0.05) is 6.07 Å². The number of pyridine rings is 1. The van der Waals surface area contributed by atoms with Gasteiger partial charge >= 0.3 is 0 Å². The van der Waals surface area contributed by atoms with Gasteiger partial charge < -0.3 is 0 Å². The molecule has 0 N–H and O–H groups in total. The van der Waals surface area contributed by atoms with Gasteiger partial charge in [-0.2, -0.15) is 0 Å². The second-order valence-electron chi connectivity index (χ2n) is 4.71. The molecule has 1 aromatic heterocycles. The summed E-state index contributed by atoms with van der Waals surface area (Å²) in [5, 5.41) is 0. The van der Waals surface area contributed by atoms with Crippen molar-refractivity contribution in [2.45, 2.75) is 31.9 Å². The lowest BCUT2D eigenvalue weighted by Gasteiger charge is -2.20. The highest BCUT2D eigenvalue weighted by molar-refractivity contribution is 7.92. The number of sulfone groups is 1. The van der Waals surface area contributed by atoms with E-state index in [2.05, 4.69) is 4.98 Å². The number of Topliss-reactive ketones (excluding diaryl/α,β-unsaturated/α-hetero) is 1. The Balaban J connectivity index is 2.90. The number of aromatic nitrogens is 1. The number of hydrogen-bond donors (Lipinski definition) is 0. The van der Waals surface area contributed by atoms with E-state index in [4.69, 9.17) is 0 Å². The molecule has 0 saturated heterocycles. The molecule has 0 aromatic carbocycles. The van der Waals surface area contributed by atoms with Crippen molar-refractivity contribution >= 4 is 15.6 Å². The van der Waals surface area contributed by atoms with Crippen LogP contribution >= 0.6 is 0 Å². The smallest absolute Gasteiger partial charge is 0.159 e. The van der Waals surface area contributed by atoms with Gasteiger partial charge in [0.2, 0.25) is 0 Å². The van der Waals surface area contributed by atoms with Crippen molar-refractivity contribution in [3.8, 4) is 0 Å². The minimum atomic E-state index is -3.41. The molecule has 4 nitrogen and oxygen atoms in total. The lowest BCUT2D eigenvalue weighted by atomic mass is 10.0. The van der Waals surface area contributed by atoms with E-state index in [9.17, 15) is 13.2 Å². The molecule has 1 heterocycles. The zero-order chi connectivity index (χ0) is 13.3. The van der Waals surface area contributed by atoms with Gasteiger partial charge in [-0.05, 0) is 32.4 Å². The Labute approximate surface area is 102 Å². The standard InChI is InChI=1S/C12H17NO3S/c1-9-5-6-10(13-8-9)7-11(14)12(2,3)17(4,15)16/h5-6,8H,7H2,1-4H3. The average molecular weight is 255 g/mol. The predicted octanol–water partition coefficient (Wildman–Crippen LogP) is 1.32. The fourth-order valence-electron chi connectivity index (χ4n) is 1.19. The molecule has 0 aliphatic carbocycles. The fourth-order valence-corrected chi connectivity index (χ4v) is 1.67. The molecule has 0 unspecified atom stereocenters. The quantitative estimate of drug-likeness (QED) is 0.814. The van der Waals surface area contributed by atoms with Crippen LogP contribution in [0.25, 0.3) is 0 Å². The van der Waals surface area contributed by atoms with Crippen LogP contribution in [0, 0.1) is 6.92 Å². The Kier molecular flexibility index (Phi) is 3.71. The maximum absolute atomic E-state index is 11.9. The van der Waals surface area contributed by atoms with E-state index >= 15 is 0 Å². The summed E-state index contributed by atoms with van der Waals surface area (Å²) in [6.45, 7) is 4.76. The third kappa shape index (κ3) is 3.12. The third-order valence-corrected chi connectivity index (χ3v) is 4.99. The Morgan fingerprint density at radius 2 is 1.94 bits per heavy atom. The minimum absolute atomic E-state index is 0.0420. The van der Waals surface area contributed by atoms with E-state index in [0.717, 1.165) is 11.8 Å². The molecule has 0 atom stereocenters. The molecular formula is C12H17NO3S. The molecule has 0 saturated carbocycles. The van der Waals surface area contributed by atoms with Crippen LogP contribution in [0.1, 0.15) is 25.1 Å². The van der Waals surface area contributed by atoms with Crippen molar-refractivity contribution < 1.29 is 13.2 Å². The number of aryl methyl sites for hydroxylation is 1. The number of nitrogens with zero attached hydrogens (tertiary/aromatic N) is 1. The van der Waals surface area contributed by atoms with Gasteiger partial charge in [-0.15, -0.1) is 0 Å². The van der Waals surface area contributed by atoms with Crippen LogP contribution in [-0.4, -0.2) is 30.2 Å². The second-order valence-corrected chi connectivity index (χ2v) is 7.27. The number of rotatable bonds is 4.